The summed E-state index contributed by atoms with van der Waals surface area (Å²) in [6, 6.07) is 0. The number of ether oxygens (including phenoxy) is 1. The molecule has 0 N–H and O–H groups in total. The molecule has 2 nitrogen and oxygen atoms in total. The van der Waals surface area contributed by atoms with E-state index in [2.05, 4.69) is 41.7 Å². The average molecular weight is 316 g/mol. The molecule has 0 bridgehead atoms. The zero-order valence-electron chi connectivity index (χ0n) is 11.1. The third-order valence-electron chi connectivity index (χ3n) is 2.98. The third kappa shape index (κ3) is 2.52. The molecular weight excluding hydrogens is 298 g/mol. The van der Waals surface area contributed by atoms with Crippen LogP contribution in [-0.4, -0.2) is 25.5 Å². The number of hydrogen-bond donors (Lipinski definition) is 0. The van der Waals surface area contributed by atoms with Gasteiger partial charge in [-0.1, -0.05) is 15.9 Å². The quantitative estimate of drug-likeness (QED) is 0.604. The molecule has 0 aliphatic rings. The minimum Gasteiger partial charge on any atom is -0.496 e. The van der Waals surface area contributed by atoms with Crippen molar-refractivity contribution in [3.05, 3.63) is 26.7 Å². The van der Waals surface area contributed by atoms with E-state index in [0.717, 1.165) is 26.4 Å². The lowest BCUT2D eigenvalue weighted by atomic mass is 9.99. The number of rotatable bonds is 2. The molecule has 4 heteroatoms. The van der Waals surface area contributed by atoms with Gasteiger partial charge in [0, 0.05) is 11.5 Å². The van der Waals surface area contributed by atoms with Crippen LogP contribution in [0.1, 0.15) is 22.3 Å². The summed E-state index contributed by atoms with van der Waals surface area (Å²) in [6.07, 6.45) is 2.03. The fraction of sp³-hybridized carbons (Fsp3) is 0.462. The van der Waals surface area contributed by atoms with Gasteiger partial charge in [0.05, 0.1) is 12.7 Å². The number of thioether (sulfide) groups is 1. The number of halogens is 1. The predicted octanol–water partition coefficient (Wildman–Crippen LogP) is 4.12. The Hall–Kier alpha value is -0.480. The van der Waals surface area contributed by atoms with Gasteiger partial charge in [0.2, 0.25) is 0 Å². The van der Waals surface area contributed by atoms with E-state index in [-0.39, 0.29) is 0 Å². The first-order chi connectivity index (χ1) is 7.99. The number of methoxy groups -OCH3 is 1. The third-order valence-corrected chi connectivity index (χ3v) is 4.94. The molecular formula is C13H18BrNOS. The first-order valence-corrected chi connectivity index (χ1v) is 7.35. The highest BCUT2D eigenvalue weighted by Gasteiger charge is 2.19. The molecule has 1 aromatic carbocycles. The maximum Gasteiger partial charge on any atom is 0.132 e. The van der Waals surface area contributed by atoms with Crippen molar-refractivity contribution in [1.82, 2.24) is 0 Å². The molecule has 0 spiro atoms. The van der Waals surface area contributed by atoms with Gasteiger partial charge in [-0.2, -0.15) is 0 Å². The highest BCUT2D eigenvalue weighted by molar-refractivity contribution is 9.10. The molecule has 0 aliphatic carbocycles. The normalized spacial score (nSPS) is 11.8. The minimum absolute atomic E-state index is 0.929. The molecule has 0 unspecified atom stereocenters. The van der Waals surface area contributed by atoms with E-state index in [0.29, 0.717) is 0 Å². The lowest BCUT2D eigenvalue weighted by Gasteiger charge is -2.19. The summed E-state index contributed by atoms with van der Waals surface area (Å²) in [7, 11) is 3.53. The van der Waals surface area contributed by atoms with E-state index >= 15 is 0 Å². The smallest absolute Gasteiger partial charge is 0.132 e. The Morgan fingerprint density at radius 3 is 2.18 bits per heavy atom. The zero-order valence-corrected chi connectivity index (χ0v) is 13.5. The molecule has 94 valence electrons. The van der Waals surface area contributed by atoms with Crippen LogP contribution in [0.5, 0.6) is 5.75 Å². The number of aliphatic imine (C=N–C) groups is 1. The lowest BCUT2D eigenvalue weighted by Crippen LogP contribution is -2.06. The van der Waals surface area contributed by atoms with Crippen molar-refractivity contribution >= 4 is 32.7 Å². The minimum atomic E-state index is 0.929. The van der Waals surface area contributed by atoms with Crippen LogP contribution in [0.25, 0.3) is 0 Å². The topological polar surface area (TPSA) is 21.6 Å². The second-order valence-corrected chi connectivity index (χ2v) is 5.42. The molecule has 17 heavy (non-hydrogen) atoms. The molecule has 1 rings (SSSR count). The zero-order chi connectivity index (χ0) is 13.2. The largest absolute Gasteiger partial charge is 0.496 e. The van der Waals surface area contributed by atoms with Crippen molar-refractivity contribution in [3.63, 3.8) is 0 Å². The summed E-state index contributed by atoms with van der Waals surface area (Å²) in [5.41, 5.74) is 4.66. The van der Waals surface area contributed by atoms with E-state index < -0.39 is 0 Å². The van der Waals surface area contributed by atoms with Gasteiger partial charge in [0.25, 0.3) is 0 Å². The summed E-state index contributed by atoms with van der Waals surface area (Å²) in [6.45, 7) is 6.27. The van der Waals surface area contributed by atoms with Crippen molar-refractivity contribution in [1.29, 1.82) is 0 Å². The van der Waals surface area contributed by atoms with Gasteiger partial charge >= 0.3 is 0 Å². The van der Waals surface area contributed by atoms with E-state index in [4.69, 9.17) is 4.74 Å². The molecule has 0 fully saturated rings. The van der Waals surface area contributed by atoms with Gasteiger partial charge in [-0.05, 0) is 43.7 Å². The molecule has 0 amide bonds. The molecule has 0 aromatic heterocycles. The second-order valence-electron chi connectivity index (χ2n) is 3.83. The van der Waals surface area contributed by atoms with E-state index in [1.807, 2.05) is 13.3 Å². The molecule has 0 saturated heterocycles. The summed E-state index contributed by atoms with van der Waals surface area (Å²) in [5.74, 6) is 0.929. The fourth-order valence-corrected chi connectivity index (χ4v) is 3.03. The van der Waals surface area contributed by atoms with Crippen molar-refractivity contribution < 1.29 is 4.74 Å². The highest BCUT2D eigenvalue weighted by atomic mass is 79.9. The maximum absolute atomic E-state index is 5.56. The SMILES string of the molecule is CN=C(SC)c1c(C)c(Br)c(C)c(C)c1OC. The fourth-order valence-electron chi connectivity index (χ4n) is 1.90. The Balaban J connectivity index is 3.69. The van der Waals surface area contributed by atoms with E-state index in [1.165, 1.54) is 11.1 Å². The molecule has 0 atom stereocenters. The van der Waals surface area contributed by atoms with Gasteiger partial charge < -0.3 is 4.74 Å². The number of benzene rings is 1. The van der Waals surface area contributed by atoms with Crippen molar-refractivity contribution in [2.24, 2.45) is 4.99 Å². The highest BCUT2D eigenvalue weighted by Crippen LogP contribution is 2.37. The number of hydrogen-bond acceptors (Lipinski definition) is 3. The standard InChI is InChI=1S/C13H18BrNOS/c1-7-8(2)12(16-5)10(9(3)11(7)14)13(15-4)17-6/h1-6H3. The van der Waals surface area contributed by atoms with E-state index in [9.17, 15) is 0 Å². The van der Waals surface area contributed by atoms with Crippen molar-refractivity contribution in [2.45, 2.75) is 20.8 Å². The Morgan fingerprint density at radius 2 is 1.76 bits per heavy atom. The Labute approximate surface area is 116 Å². The van der Waals surface area contributed by atoms with Crippen LogP contribution in [0.2, 0.25) is 0 Å². The van der Waals surface area contributed by atoms with Crippen LogP contribution >= 0.6 is 27.7 Å². The monoisotopic (exact) mass is 315 g/mol. The van der Waals surface area contributed by atoms with Crippen LogP contribution in [0, 0.1) is 20.8 Å². The van der Waals surface area contributed by atoms with Gasteiger partial charge in [-0.3, -0.25) is 4.99 Å². The molecule has 0 heterocycles. The molecule has 1 aromatic rings. The van der Waals surface area contributed by atoms with Gasteiger partial charge in [-0.15, -0.1) is 11.8 Å². The summed E-state index contributed by atoms with van der Waals surface area (Å²) < 4.78 is 6.70. The van der Waals surface area contributed by atoms with Crippen LogP contribution < -0.4 is 4.74 Å². The molecule has 0 aliphatic heterocycles. The Bertz CT molecular complexity index is 469. The van der Waals surface area contributed by atoms with E-state index in [1.54, 1.807) is 18.9 Å². The van der Waals surface area contributed by atoms with Gasteiger partial charge in [-0.25, -0.2) is 0 Å². The van der Waals surface area contributed by atoms with Crippen LogP contribution in [0.3, 0.4) is 0 Å². The lowest BCUT2D eigenvalue weighted by molar-refractivity contribution is 0.410. The second kappa shape index (κ2) is 5.91. The Morgan fingerprint density at radius 1 is 1.18 bits per heavy atom. The average Bonchev–Trinajstić information content (AvgIpc) is 2.34. The summed E-state index contributed by atoms with van der Waals surface area (Å²) in [4.78, 5) is 4.34. The molecule has 0 radical (unpaired) electrons. The van der Waals surface area contributed by atoms with Gasteiger partial charge in [0.1, 0.15) is 10.8 Å². The summed E-state index contributed by atoms with van der Waals surface area (Å²) >= 11 is 5.29. The van der Waals surface area contributed by atoms with Crippen molar-refractivity contribution in [3.8, 4) is 5.75 Å². The van der Waals surface area contributed by atoms with Crippen molar-refractivity contribution in [2.75, 3.05) is 20.4 Å². The number of nitrogens with zero attached hydrogens (tertiary/aromatic N) is 1. The maximum atomic E-state index is 5.56. The van der Waals surface area contributed by atoms with Crippen LogP contribution in [0.4, 0.5) is 0 Å². The van der Waals surface area contributed by atoms with Crippen LogP contribution in [-0.2, 0) is 0 Å². The van der Waals surface area contributed by atoms with Crippen LogP contribution in [0.15, 0.2) is 9.47 Å². The van der Waals surface area contributed by atoms with Gasteiger partial charge in [0.15, 0.2) is 0 Å². The first-order valence-electron chi connectivity index (χ1n) is 5.33. The predicted molar refractivity (Wildman–Crippen MR) is 80.9 cm³/mol. The molecule has 0 saturated carbocycles. The Kier molecular flexibility index (Phi) is 5.07. The summed E-state index contributed by atoms with van der Waals surface area (Å²) in [5, 5.41) is 1.00. The first kappa shape index (κ1) is 14.6.